The largest absolute Gasteiger partial charge is 0.497 e. The van der Waals surface area contributed by atoms with E-state index in [0.29, 0.717) is 37.9 Å². The molecule has 5 rings (SSSR count). The van der Waals surface area contributed by atoms with Crippen LogP contribution in [0.4, 0.5) is 23.3 Å². The maximum atomic E-state index is 13.2. The van der Waals surface area contributed by atoms with Crippen LogP contribution < -0.4 is 19.9 Å². The molecule has 1 N–H and O–H groups in total. The maximum Gasteiger partial charge on any atom is 0.243 e. The summed E-state index contributed by atoms with van der Waals surface area (Å²) in [4.78, 5) is 14.4. The maximum absolute atomic E-state index is 13.2. The topological polar surface area (TPSA) is 90.9 Å². The Morgan fingerprint density at radius 2 is 1.54 bits per heavy atom. The smallest absolute Gasteiger partial charge is 0.243 e. The molecule has 1 aromatic heterocycles. The average Bonchev–Trinajstić information content (AvgIpc) is 2.95. The standard InChI is InChI=1S/C26H32N6O3S2/c1-20-3-5-21(6-4-20)27-24-19-25(30-15-17-36-18-16-30)29-26(28-24)31-11-13-32(14-12-31)37(33,34)23-9-7-22(35-2)8-10-23/h3-10,19H,11-18H2,1-2H3,(H,27,28,29). The van der Waals surface area contributed by atoms with Crippen molar-refractivity contribution in [2.75, 3.05) is 73.0 Å². The van der Waals surface area contributed by atoms with Gasteiger partial charge in [-0.2, -0.15) is 26.0 Å². The minimum atomic E-state index is -3.58. The van der Waals surface area contributed by atoms with Crippen molar-refractivity contribution in [2.24, 2.45) is 0 Å². The Labute approximate surface area is 222 Å². The summed E-state index contributed by atoms with van der Waals surface area (Å²) in [5, 5.41) is 3.43. The normalized spacial score (nSPS) is 17.0. The molecule has 2 aliphatic heterocycles. The van der Waals surface area contributed by atoms with Crippen LogP contribution in [0.2, 0.25) is 0 Å². The fraction of sp³-hybridized carbons (Fsp3) is 0.385. The van der Waals surface area contributed by atoms with Crippen LogP contribution >= 0.6 is 11.8 Å². The molecule has 0 unspecified atom stereocenters. The zero-order valence-electron chi connectivity index (χ0n) is 21.1. The monoisotopic (exact) mass is 540 g/mol. The van der Waals surface area contributed by atoms with Crippen molar-refractivity contribution in [1.29, 1.82) is 0 Å². The van der Waals surface area contributed by atoms with Crippen LogP contribution in [0.15, 0.2) is 59.5 Å². The number of anilines is 4. The summed E-state index contributed by atoms with van der Waals surface area (Å²) in [5.74, 6) is 5.02. The molecule has 2 fully saturated rings. The number of aryl methyl sites for hydroxylation is 1. The number of ether oxygens (including phenoxy) is 1. The number of hydrogen-bond acceptors (Lipinski definition) is 9. The minimum absolute atomic E-state index is 0.271. The van der Waals surface area contributed by atoms with E-state index in [1.807, 2.05) is 30.0 Å². The Morgan fingerprint density at radius 1 is 0.865 bits per heavy atom. The van der Waals surface area contributed by atoms with Gasteiger partial charge in [0.2, 0.25) is 16.0 Å². The van der Waals surface area contributed by atoms with Gasteiger partial charge in [0.25, 0.3) is 0 Å². The molecule has 0 amide bonds. The Kier molecular flexibility index (Phi) is 7.73. The van der Waals surface area contributed by atoms with Crippen molar-refractivity contribution in [3.63, 3.8) is 0 Å². The van der Waals surface area contributed by atoms with Gasteiger partial charge in [0.1, 0.15) is 17.4 Å². The molecule has 9 nitrogen and oxygen atoms in total. The Bertz CT molecular complexity index is 1310. The third kappa shape index (κ3) is 5.94. The second kappa shape index (κ2) is 11.2. The number of thioether (sulfide) groups is 1. The SMILES string of the molecule is COc1ccc(S(=O)(=O)N2CCN(c3nc(Nc4ccc(C)cc4)cc(N4CCSCC4)n3)CC2)cc1. The van der Waals surface area contributed by atoms with Gasteiger partial charge in [0.15, 0.2) is 0 Å². The third-order valence-corrected chi connectivity index (χ3v) is 9.43. The zero-order chi connectivity index (χ0) is 25.8. The zero-order valence-corrected chi connectivity index (χ0v) is 22.8. The fourth-order valence-electron chi connectivity index (χ4n) is 4.39. The van der Waals surface area contributed by atoms with E-state index in [0.717, 1.165) is 41.9 Å². The van der Waals surface area contributed by atoms with Crippen LogP contribution in [0.5, 0.6) is 5.75 Å². The summed E-state index contributed by atoms with van der Waals surface area (Å²) >= 11 is 1.96. The van der Waals surface area contributed by atoms with Crippen molar-refractivity contribution in [3.8, 4) is 5.75 Å². The highest BCUT2D eigenvalue weighted by molar-refractivity contribution is 7.99. The second-order valence-corrected chi connectivity index (χ2v) is 12.2. The van der Waals surface area contributed by atoms with Gasteiger partial charge in [-0.25, -0.2) is 8.42 Å². The number of rotatable bonds is 7. The summed E-state index contributed by atoms with van der Waals surface area (Å²) in [6, 6.07) is 16.7. The van der Waals surface area contributed by atoms with Crippen molar-refractivity contribution in [1.82, 2.24) is 14.3 Å². The van der Waals surface area contributed by atoms with E-state index < -0.39 is 10.0 Å². The molecule has 2 aromatic carbocycles. The van der Waals surface area contributed by atoms with Crippen molar-refractivity contribution < 1.29 is 13.2 Å². The second-order valence-electron chi connectivity index (χ2n) is 9.07. The molecule has 37 heavy (non-hydrogen) atoms. The highest BCUT2D eigenvalue weighted by Gasteiger charge is 2.30. The van der Waals surface area contributed by atoms with Gasteiger partial charge < -0.3 is 19.9 Å². The molecule has 2 saturated heterocycles. The molecule has 0 bridgehead atoms. The highest BCUT2D eigenvalue weighted by atomic mass is 32.2. The van der Waals surface area contributed by atoms with Crippen LogP contribution in [0.1, 0.15) is 5.56 Å². The van der Waals surface area contributed by atoms with Gasteiger partial charge in [-0.1, -0.05) is 17.7 Å². The minimum Gasteiger partial charge on any atom is -0.497 e. The molecule has 11 heteroatoms. The van der Waals surface area contributed by atoms with Gasteiger partial charge in [0, 0.05) is 62.5 Å². The van der Waals surface area contributed by atoms with Crippen LogP contribution in [0, 0.1) is 6.92 Å². The Morgan fingerprint density at radius 3 is 2.19 bits per heavy atom. The molecule has 3 aromatic rings. The third-order valence-electron chi connectivity index (χ3n) is 6.58. The van der Waals surface area contributed by atoms with Crippen LogP contribution in [-0.2, 0) is 10.0 Å². The Hall–Kier alpha value is -3.02. The number of aromatic nitrogens is 2. The lowest BCUT2D eigenvalue weighted by molar-refractivity contribution is 0.382. The van der Waals surface area contributed by atoms with Gasteiger partial charge in [-0.15, -0.1) is 0 Å². The van der Waals surface area contributed by atoms with E-state index in [1.165, 1.54) is 9.87 Å². The average molecular weight is 541 g/mol. The summed E-state index contributed by atoms with van der Waals surface area (Å²) in [6.45, 7) is 5.70. The Balaban J connectivity index is 1.35. The molecule has 196 valence electrons. The first-order valence-corrected chi connectivity index (χ1v) is 15.0. The van der Waals surface area contributed by atoms with Crippen LogP contribution in [0.3, 0.4) is 0 Å². The number of sulfonamides is 1. The van der Waals surface area contributed by atoms with Crippen molar-refractivity contribution >= 4 is 45.1 Å². The van der Waals surface area contributed by atoms with Crippen LogP contribution in [0.25, 0.3) is 0 Å². The molecule has 0 aliphatic carbocycles. The summed E-state index contributed by atoms with van der Waals surface area (Å²) < 4.78 is 33.1. The summed E-state index contributed by atoms with van der Waals surface area (Å²) in [7, 11) is -2.02. The molecular weight excluding hydrogens is 508 g/mol. The van der Waals surface area contributed by atoms with E-state index in [9.17, 15) is 8.42 Å². The van der Waals surface area contributed by atoms with Crippen LogP contribution in [-0.4, -0.2) is 80.6 Å². The molecule has 0 spiro atoms. The molecule has 0 atom stereocenters. The van der Waals surface area contributed by atoms with E-state index in [2.05, 4.69) is 34.2 Å². The summed E-state index contributed by atoms with van der Waals surface area (Å²) in [5.41, 5.74) is 2.16. The van der Waals surface area contributed by atoms with E-state index in [-0.39, 0.29) is 4.90 Å². The summed E-state index contributed by atoms with van der Waals surface area (Å²) in [6.07, 6.45) is 0. The molecule has 3 heterocycles. The number of piperazine rings is 1. The number of methoxy groups -OCH3 is 1. The van der Waals surface area contributed by atoms with E-state index in [1.54, 1.807) is 31.4 Å². The predicted molar refractivity (Wildman–Crippen MR) is 150 cm³/mol. The van der Waals surface area contributed by atoms with E-state index in [4.69, 9.17) is 14.7 Å². The van der Waals surface area contributed by atoms with Gasteiger partial charge in [-0.3, -0.25) is 0 Å². The van der Waals surface area contributed by atoms with Gasteiger partial charge in [0.05, 0.1) is 12.0 Å². The fourth-order valence-corrected chi connectivity index (χ4v) is 6.72. The lowest BCUT2D eigenvalue weighted by atomic mass is 10.2. The first-order chi connectivity index (χ1) is 17.9. The van der Waals surface area contributed by atoms with Crippen molar-refractivity contribution in [3.05, 3.63) is 60.2 Å². The number of nitrogens with one attached hydrogen (secondary N) is 1. The highest BCUT2D eigenvalue weighted by Crippen LogP contribution is 2.27. The lowest BCUT2D eigenvalue weighted by Crippen LogP contribution is -2.49. The molecule has 0 radical (unpaired) electrons. The van der Waals surface area contributed by atoms with Gasteiger partial charge >= 0.3 is 0 Å². The lowest BCUT2D eigenvalue weighted by Gasteiger charge is -2.35. The first-order valence-electron chi connectivity index (χ1n) is 12.4. The van der Waals surface area contributed by atoms with Crippen molar-refractivity contribution in [2.45, 2.75) is 11.8 Å². The number of nitrogens with zero attached hydrogens (tertiary/aromatic N) is 5. The first kappa shape index (κ1) is 25.6. The van der Waals surface area contributed by atoms with E-state index >= 15 is 0 Å². The number of hydrogen-bond donors (Lipinski definition) is 1. The molecular formula is C26H32N6O3S2. The quantitative estimate of drug-likeness (QED) is 0.483. The predicted octanol–water partition coefficient (Wildman–Crippen LogP) is 3.60. The molecule has 2 aliphatic rings. The number of benzene rings is 2. The van der Waals surface area contributed by atoms with Gasteiger partial charge in [-0.05, 0) is 43.3 Å². The molecule has 0 saturated carbocycles.